The summed E-state index contributed by atoms with van der Waals surface area (Å²) in [6.45, 7) is 0.549. The molecule has 2 aromatic rings. The molecule has 0 atom stereocenters. The molecule has 0 saturated heterocycles. The van der Waals surface area contributed by atoms with Crippen LogP contribution < -0.4 is 10.1 Å². The molecule has 2 amide bonds. The predicted octanol–water partition coefficient (Wildman–Crippen LogP) is 4.06. The Balaban J connectivity index is 1.91. The summed E-state index contributed by atoms with van der Waals surface area (Å²) in [5, 5.41) is 3.21. The Bertz CT molecular complexity index is 630. The molecule has 1 N–H and O–H groups in total. The maximum atomic E-state index is 11.6. The van der Waals surface area contributed by atoms with Crippen molar-refractivity contribution in [2.24, 2.45) is 0 Å². The summed E-state index contributed by atoms with van der Waals surface area (Å²) in [6, 6.07) is 15.1. The van der Waals surface area contributed by atoms with Gasteiger partial charge in [0.1, 0.15) is 5.75 Å². The maximum absolute atomic E-state index is 11.6. The molecule has 22 heavy (non-hydrogen) atoms. The van der Waals surface area contributed by atoms with E-state index in [1.807, 2.05) is 18.2 Å². The highest BCUT2D eigenvalue weighted by Gasteiger charge is 2.07. The fourth-order valence-corrected chi connectivity index (χ4v) is 2.09. The molecule has 0 aromatic heterocycles. The first kappa shape index (κ1) is 16.2. The van der Waals surface area contributed by atoms with E-state index in [4.69, 9.17) is 16.3 Å². The zero-order chi connectivity index (χ0) is 15.9. The molecule has 5 heteroatoms. The van der Waals surface area contributed by atoms with E-state index in [0.717, 1.165) is 6.42 Å². The highest BCUT2D eigenvalue weighted by molar-refractivity contribution is 6.32. The third-order valence-corrected chi connectivity index (χ3v) is 3.38. The Morgan fingerprint density at radius 3 is 2.55 bits per heavy atom. The Morgan fingerprint density at radius 1 is 1.18 bits per heavy atom. The molecule has 0 saturated carbocycles. The van der Waals surface area contributed by atoms with Gasteiger partial charge in [0, 0.05) is 26.2 Å². The first-order valence-corrected chi connectivity index (χ1v) is 7.38. The molecule has 0 fully saturated rings. The number of nitrogens with zero attached hydrogens (tertiary/aromatic N) is 1. The molecule has 0 aliphatic rings. The van der Waals surface area contributed by atoms with Gasteiger partial charge in [-0.25, -0.2) is 4.79 Å². The van der Waals surface area contributed by atoms with Crippen LogP contribution in [0.1, 0.15) is 5.56 Å². The second-order valence-electron chi connectivity index (χ2n) is 5.05. The number of benzene rings is 2. The fraction of sp³-hybridized carbons (Fsp3) is 0.235. The van der Waals surface area contributed by atoms with E-state index >= 15 is 0 Å². The van der Waals surface area contributed by atoms with Gasteiger partial charge in [0.2, 0.25) is 0 Å². The summed E-state index contributed by atoms with van der Waals surface area (Å²) >= 11 is 6.18. The van der Waals surface area contributed by atoms with Gasteiger partial charge in [-0.15, -0.1) is 0 Å². The number of urea groups is 1. The van der Waals surface area contributed by atoms with Crippen LogP contribution in [-0.4, -0.2) is 31.6 Å². The number of hydrogen-bond acceptors (Lipinski definition) is 2. The molecule has 2 aromatic carbocycles. The second kappa shape index (κ2) is 7.71. The van der Waals surface area contributed by atoms with E-state index in [-0.39, 0.29) is 6.03 Å². The smallest absolute Gasteiger partial charge is 0.321 e. The zero-order valence-electron chi connectivity index (χ0n) is 12.7. The van der Waals surface area contributed by atoms with Crippen molar-refractivity contribution in [3.05, 3.63) is 59.1 Å². The van der Waals surface area contributed by atoms with Crippen molar-refractivity contribution in [1.29, 1.82) is 0 Å². The molecule has 0 aliphatic carbocycles. The standard InChI is InChI=1S/C17H19ClN2O2/c1-20(2)17(21)19-14-8-9-16(15(18)12-14)22-11-10-13-6-4-3-5-7-13/h3-9,12H,10-11H2,1-2H3,(H,19,21). The van der Waals surface area contributed by atoms with Crippen molar-refractivity contribution in [2.45, 2.75) is 6.42 Å². The topological polar surface area (TPSA) is 41.6 Å². The van der Waals surface area contributed by atoms with E-state index < -0.39 is 0 Å². The molecule has 0 radical (unpaired) electrons. The summed E-state index contributed by atoms with van der Waals surface area (Å²) in [6.07, 6.45) is 0.816. The Hall–Kier alpha value is -2.20. The van der Waals surface area contributed by atoms with Crippen LogP contribution in [0.4, 0.5) is 10.5 Å². The second-order valence-corrected chi connectivity index (χ2v) is 5.46. The van der Waals surface area contributed by atoms with E-state index in [1.54, 1.807) is 32.3 Å². The third kappa shape index (κ3) is 4.67. The van der Waals surface area contributed by atoms with Gasteiger partial charge in [0.05, 0.1) is 11.6 Å². The summed E-state index contributed by atoms with van der Waals surface area (Å²) < 4.78 is 5.69. The minimum absolute atomic E-state index is 0.200. The highest BCUT2D eigenvalue weighted by Crippen LogP contribution is 2.27. The van der Waals surface area contributed by atoms with Crippen molar-refractivity contribution < 1.29 is 9.53 Å². The number of nitrogens with one attached hydrogen (secondary N) is 1. The number of hydrogen-bond donors (Lipinski definition) is 1. The molecular formula is C17H19ClN2O2. The van der Waals surface area contributed by atoms with Crippen molar-refractivity contribution >= 4 is 23.3 Å². The molecule has 4 nitrogen and oxygen atoms in total. The molecule has 0 spiro atoms. The number of carbonyl (C=O) groups excluding carboxylic acids is 1. The van der Waals surface area contributed by atoms with Gasteiger partial charge in [-0.1, -0.05) is 41.9 Å². The van der Waals surface area contributed by atoms with Gasteiger partial charge in [-0.2, -0.15) is 0 Å². The number of halogens is 1. The van der Waals surface area contributed by atoms with Crippen LogP contribution in [0, 0.1) is 0 Å². The normalized spacial score (nSPS) is 10.1. The molecule has 0 bridgehead atoms. The van der Waals surface area contributed by atoms with Crippen LogP contribution in [0.3, 0.4) is 0 Å². The van der Waals surface area contributed by atoms with E-state index in [9.17, 15) is 4.79 Å². The minimum Gasteiger partial charge on any atom is -0.492 e. The summed E-state index contributed by atoms with van der Waals surface area (Å²) in [5.41, 5.74) is 1.85. The lowest BCUT2D eigenvalue weighted by Crippen LogP contribution is -2.27. The van der Waals surface area contributed by atoms with Crippen molar-refractivity contribution in [3.8, 4) is 5.75 Å². The molecule has 2 rings (SSSR count). The summed E-state index contributed by atoms with van der Waals surface area (Å²) in [4.78, 5) is 13.0. The zero-order valence-corrected chi connectivity index (χ0v) is 13.4. The Kier molecular flexibility index (Phi) is 5.67. The van der Waals surface area contributed by atoms with E-state index in [0.29, 0.717) is 23.1 Å². The monoisotopic (exact) mass is 318 g/mol. The van der Waals surface area contributed by atoms with Crippen molar-refractivity contribution in [2.75, 3.05) is 26.0 Å². The van der Waals surface area contributed by atoms with Crippen molar-refractivity contribution in [1.82, 2.24) is 4.90 Å². The number of rotatable bonds is 5. The Morgan fingerprint density at radius 2 is 1.91 bits per heavy atom. The van der Waals surface area contributed by atoms with E-state index in [2.05, 4.69) is 17.4 Å². The lowest BCUT2D eigenvalue weighted by molar-refractivity contribution is 0.230. The number of carbonyl (C=O) groups is 1. The number of anilines is 1. The Labute approximate surface area is 135 Å². The predicted molar refractivity (Wildman–Crippen MR) is 89.8 cm³/mol. The van der Waals surface area contributed by atoms with Gasteiger partial charge in [-0.05, 0) is 23.8 Å². The first-order chi connectivity index (χ1) is 10.6. The summed E-state index contributed by atoms with van der Waals surface area (Å²) in [7, 11) is 3.36. The van der Waals surface area contributed by atoms with Crippen LogP contribution in [0.25, 0.3) is 0 Å². The van der Waals surface area contributed by atoms with Gasteiger partial charge in [-0.3, -0.25) is 0 Å². The largest absolute Gasteiger partial charge is 0.492 e. The van der Waals surface area contributed by atoms with Crippen molar-refractivity contribution in [3.63, 3.8) is 0 Å². The highest BCUT2D eigenvalue weighted by atomic mass is 35.5. The summed E-state index contributed by atoms with van der Waals surface area (Å²) in [5.74, 6) is 0.612. The van der Waals surface area contributed by atoms with Crippen LogP contribution in [0.15, 0.2) is 48.5 Å². The lowest BCUT2D eigenvalue weighted by Gasteiger charge is -2.13. The molecule has 0 heterocycles. The average molecular weight is 319 g/mol. The quantitative estimate of drug-likeness (QED) is 0.903. The molecule has 0 unspecified atom stereocenters. The third-order valence-electron chi connectivity index (χ3n) is 3.08. The van der Waals surface area contributed by atoms with Gasteiger partial charge in [0.15, 0.2) is 0 Å². The van der Waals surface area contributed by atoms with Gasteiger partial charge < -0.3 is 15.0 Å². The van der Waals surface area contributed by atoms with Crippen LogP contribution in [-0.2, 0) is 6.42 Å². The van der Waals surface area contributed by atoms with E-state index in [1.165, 1.54) is 10.5 Å². The fourth-order valence-electron chi connectivity index (χ4n) is 1.85. The van der Waals surface area contributed by atoms with Crippen LogP contribution in [0.5, 0.6) is 5.75 Å². The first-order valence-electron chi connectivity index (χ1n) is 7.01. The maximum Gasteiger partial charge on any atom is 0.321 e. The number of ether oxygens (including phenoxy) is 1. The molecular weight excluding hydrogens is 300 g/mol. The average Bonchev–Trinajstić information content (AvgIpc) is 2.50. The van der Waals surface area contributed by atoms with Gasteiger partial charge >= 0.3 is 6.03 Å². The minimum atomic E-state index is -0.200. The SMILES string of the molecule is CN(C)C(=O)Nc1ccc(OCCc2ccccc2)c(Cl)c1. The van der Waals surface area contributed by atoms with Crippen LogP contribution in [0.2, 0.25) is 5.02 Å². The number of amides is 2. The molecule has 116 valence electrons. The molecule has 0 aliphatic heterocycles. The lowest BCUT2D eigenvalue weighted by atomic mass is 10.2. The van der Waals surface area contributed by atoms with Gasteiger partial charge in [0.25, 0.3) is 0 Å². The van der Waals surface area contributed by atoms with Crippen LogP contribution >= 0.6 is 11.6 Å².